The number of hydrogen-bond donors (Lipinski definition) is 0. The second-order valence-electron chi connectivity index (χ2n) is 6.71. The van der Waals surface area contributed by atoms with Gasteiger partial charge in [0.1, 0.15) is 5.75 Å². The number of aryl methyl sites for hydroxylation is 4. The lowest BCUT2D eigenvalue weighted by Gasteiger charge is -2.16. The Kier molecular flexibility index (Phi) is 4.99. The van der Waals surface area contributed by atoms with Crippen LogP contribution in [0.3, 0.4) is 0 Å². The Morgan fingerprint density at radius 1 is 0.640 bits per heavy atom. The fourth-order valence-electron chi connectivity index (χ4n) is 3.42. The molecular weight excluding hydrogens is 303 g/mol. The monoisotopic (exact) mass is 327 g/mol. The van der Waals surface area contributed by atoms with Gasteiger partial charge in [-0.2, -0.15) is 0 Å². The number of ether oxygens (including phenoxy) is 1. The standard InChI is InChI=1S/C23H24BO/c1-15-11-20(19-9-7-6-8-10-19)12-16(2)22(15)24-23-17(3)13-21(25-5)14-18(23)4/h6-14H,1-5H3. The van der Waals surface area contributed by atoms with E-state index in [9.17, 15) is 0 Å². The normalized spacial score (nSPS) is 10.6. The summed E-state index contributed by atoms with van der Waals surface area (Å²) in [5.74, 6) is 0.917. The van der Waals surface area contributed by atoms with Crippen molar-refractivity contribution in [1.82, 2.24) is 0 Å². The minimum absolute atomic E-state index is 0.917. The third kappa shape index (κ3) is 3.63. The largest absolute Gasteiger partial charge is 0.497 e. The number of methoxy groups -OCH3 is 1. The van der Waals surface area contributed by atoms with Crippen LogP contribution in [0.5, 0.6) is 5.75 Å². The zero-order valence-electron chi connectivity index (χ0n) is 15.7. The average molecular weight is 327 g/mol. The summed E-state index contributed by atoms with van der Waals surface area (Å²) >= 11 is 0. The predicted molar refractivity (Wildman–Crippen MR) is 109 cm³/mol. The molecule has 1 radical (unpaired) electrons. The minimum Gasteiger partial charge on any atom is -0.497 e. The highest BCUT2D eigenvalue weighted by molar-refractivity contribution is 6.69. The molecule has 3 rings (SSSR count). The lowest BCUT2D eigenvalue weighted by Crippen LogP contribution is -2.34. The Labute approximate surface area is 151 Å². The molecule has 0 atom stereocenters. The van der Waals surface area contributed by atoms with Crippen LogP contribution in [-0.2, 0) is 0 Å². The van der Waals surface area contributed by atoms with Gasteiger partial charge >= 0.3 is 0 Å². The van der Waals surface area contributed by atoms with Crippen LogP contribution in [0.1, 0.15) is 22.3 Å². The quantitative estimate of drug-likeness (QED) is 0.651. The van der Waals surface area contributed by atoms with Gasteiger partial charge in [-0.15, -0.1) is 0 Å². The van der Waals surface area contributed by atoms with Crippen molar-refractivity contribution in [3.8, 4) is 16.9 Å². The Morgan fingerprint density at radius 2 is 1.12 bits per heavy atom. The van der Waals surface area contributed by atoms with Gasteiger partial charge in [0, 0.05) is 0 Å². The molecule has 25 heavy (non-hydrogen) atoms. The Bertz CT molecular complexity index is 851. The van der Waals surface area contributed by atoms with E-state index in [-0.39, 0.29) is 0 Å². The van der Waals surface area contributed by atoms with E-state index in [1.807, 2.05) is 0 Å². The van der Waals surface area contributed by atoms with Crippen molar-refractivity contribution in [3.05, 3.63) is 76.9 Å². The molecule has 2 heteroatoms. The van der Waals surface area contributed by atoms with Gasteiger partial charge in [0.15, 0.2) is 7.28 Å². The SMILES string of the molecule is COc1cc(C)c([B]c2c(C)cc(-c3ccccc3)cc2C)c(C)c1. The smallest absolute Gasteiger partial charge is 0.192 e. The average Bonchev–Trinajstić information content (AvgIpc) is 2.60. The molecule has 0 N–H and O–H groups in total. The highest BCUT2D eigenvalue weighted by Crippen LogP contribution is 2.21. The first kappa shape index (κ1) is 17.4. The summed E-state index contributed by atoms with van der Waals surface area (Å²) < 4.78 is 5.38. The Morgan fingerprint density at radius 3 is 1.60 bits per heavy atom. The molecule has 0 unspecified atom stereocenters. The summed E-state index contributed by atoms with van der Waals surface area (Å²) in [5.41, 5.74) is 10.2. The van der Waals surface area contributed by atoms with Crippen molar-refractivity contribution < 1.29 is 4.74 Å². The predicted octanol–water partition coefficient (Wildman–Crippen LogP) is 4.25. The van der Waals surface area contributed by atoms with Crippen molar-refractivity contribution in [1.29, 1.82) is 0 Å². The van der Waals surface area contributed by atoms with Crippen LogP contribution < -0.4 is 15.7 Å². The summed E-state index contributed by atoms with van der Waals surface area (Å²) in [6, 6.07) is 19.3. The van der Waals surface area contributed by atoms with E-state index in [1.165, 1.54) is 44.3 Å². The van der Waals surface area contributed by atoms with Gasteiger partial charge in [0.2, 0.25) is 0 Å². The zero-order chi connectivity index (χ0) is 18.0. The lowest BCUT2D eigenvalue weighted by molar-refractivity contribution is 0.414. The maximum absolute atomic E-state index is 5.38. The fraction of sp³-hybridized carbons (Fsp3) is 0.217. The summed E-state index contributed by atoms with van der Waals surface area (Å²) in [6.07, 6.45) is 0. The molecule has 1 nitrogen and oxygen atoms in total. The van der Waals surface area contributed by atoms with Crippen molar-refractivity contribution in [2.45, 2.75) is 27.7 Å². The van der Waals surface area contributed by atoms with Gasteiger partial charge < -0.3 is 4.74 Å². The van der Waals surface area contributed by atoms with Crippen LogP contribution in [0.2, 0.25) is 0 Å². The van der Waals surface area contributed by atoms with E-state index in [4.69, 9.17) is 4.74 Å². The maximum atomic E-state index is 5.38. The molecule has 0 fully saturated rings. The van der Waals surface area contributed by atoms with Gasteiger partial charge in [-0.1, -0.05) is 75.6 Å². The first-order valence-electron chi connectivity index (χ1n) is 8.66. The number of benzene rings is 3. The molecule has 3 aromatic rings. The molecular formula is C23H24BO. The Hall–Kier alpha value is -2.48. The molecule has 3 aromatic carbocycles. The topological polar surface area (TPSA) is 9.23 Å². The van der Waals surface area contributed by atoms with Crippen molar-refractivity contribution in [2.24, 2.45) is 0 Å². The first-order valence-corrected chi connectivity index (χ1v) is 8.66. The molecule has 0 amide bonds. The van der Waals surface area contributed by atoms with Crippen molar-refractivity contribution in [2.75, 3.05) is 7.11 Å². The molecule has 125 valence electrons. The molecule has 0 spiro atoms. The second-order valence-corrected chi connectivity index (χ2v) is 6.71. The van der Waals surface area contributed by atoms with E-state index < -0.39 is 0 Å². The maximum Gasteiger partial charge on any atom is 0.192 e. The van der Waals surface area contributed by atoms with Crippen molar-refractivity contribution >= 4 is 18.2 Å². The Balaban J connectivity index is 2.00. The van der Waals surface area contributed by atoms with Crippen LogP contribution in [0.25, 0.3) is 11.1 Å². The van der Waals surface area contributed by atoms with E-state index >= 15 is 0 Å². The van der Waals surface area contributed by atoms with Crippen LogP contribution in [-0.4, -0.2) is 14.4 Å². The second kappa shape index (κ2) is 7.19. The van der Waals surface area contributed by atoms with Crippen molar-refractivity contribution in [3.63, 3.8) is 0 Å². The molecule has 0 heterocycles. The summed E-state index contributed by atoms with van der Waals surface area (Å²) in [7, 11) is 4.03. The molecule has 0 aliphatic heterocycles. The van der Waals surface area contributed by atoms with Gasteiger partial charge in [-0.3, -0.25) is 0 Å². The molecule has 0 saturated carbocycles. The fourth-order valence-corrected chi connectivity index (χ4v) is 3.42. The number of hydrogen-bond acceptors (Lipinski definition) is 1. The summed E-state index contributed by atoms with van der Waals surface area (Å²) in [6.45, 7) is 8.67. The molecule has 0 bridgehead atoms. The molecule has 0 aliphatic carbocycles. The highest BCUT2D eigenvalue weighted by Gasteiger charge is 2.13. The van der Waals surface area contributed by atoms with Gasteiger partial charge in [-0.25, -0.2) is 0 Å². The van der Waals surface area contributed by atoms with E-state index in [2.05, 4.69) is 89.6 Å². The molecule has 0 saturated heterocycles. The van der Waals surface area contributed by atoms with E-state index in [0.29, 0.717) is 0 Å². The molecule has 0 aliphatic rings. The molecule has 0 aromatic heterocycles. The van der Waals surface area contributed by atoms with Crippen LogP contribution in [0.4, 0.5) is 0 Å². The van der Waals surface area contributed by atoms with Gasteiger partial charge in [-0.05, 0) is 51.0 Å². The van der Waals surface area contributed by atoms with E-state index in [1.54, 1.807) is 7.11 Å². The minimum atomic E-state index is 0.917. The summed E-state index contributed by atoms with van der Waals surface area (Å²) in [5, 5.41) is 0. The number of rotatable bonds is 4. The van der Waals surface area contributed by atoms with E-state index in [0.717, 1.165) is 5.75 Å². The zero-order valence-corrected chi connectivity index (χ0v) is 15.7. The van der Waals surface area contributed by atoms with Crippen LogP contribution >= 0.6 is 0 Å². The third-order valence-corrected chi connectivity index (χ3v) is 4.79. The lowest BCUT2D eigenvalue weighted by atomic mass is 9.58. The third-order valence-electron chi connectivity index (χ3n) is 4.79. The van der Waals surface area contributed by atoms with Crippen LogP contribution in [0.15, 0.2) is 54.6 Å². The van der Waals surface area contributed by atoms with Gasteiger partial charge in [0.05, 0.1) is 7.11 Å². The van der Waals surface area contributed by atoms with Crippen LogP contribution in [0, 0.1) is 27.7 Å². The summed E-state index contributed by atoms with van der Waals surface area (Å²) in [4.78, 5) is 0. The highest BCUT2D eigenvalue weighted by atomic mass is 16.5. The first-order chi connectivity index (χ1) is 12.0. The van der Waals surface area contributed by atoms with Gasteiger partial charge in [0.25, 0.3) is 0 Å².